The van der Waals surface area contributed by atoms with Crippen LogP contribution >= 0.6 is 10.8 Å². The molecular weight excluding hydrogens is 324 g/mol. The zero-order chi connectivity index (χ0) is 16.3. The third-order valence-electron chi connectivity index (χ3n) is 2.96. The average molecular weight is 340 g/mol. The van der Waals surface area contributed by atoms with E-state index >= 15 is 0 Å². The van der Waals surface area contributed by atoms with Crippen LogP contribution in [-0.2, 0) is 13.7 Å². The Morgan fingerprint density at radius 3 is 2.73 bits per heavy atom. The molecular formula is C14H16N2O4S2. The lowest BCUT2D eigenvalue weighted by atomic mass is 10.1. The number of carbonyl (C=O) groups is 1. The zero-order valence-corrected chi connectivity index (χ0v) is 13.8. The summed E-state index contributed by atoms with van der Waals surface area (Å²) >= 11 is 0. The maximum atomic E-state index is 11.8. The molecule has 118 valence electrons. The van der Waals surface area contributed by atoms with E-state index in [9.17, 15) is 18.0 Å². The van der Waals surface area contributed by atoms with Crippen molar-refractivity contribution in [3.8, 4) is 0 Å². The normalized spacial score (nSPS) is 11.5. The molecule has 0 bridgehead atoms. The first kappa shape index (κ1) is 16.6. The van der Waals surface area contributed by atoms with Gasteiger partial charge in [0.1, 0.15) is 0 Å². The molecule has 2 N–H and O–H groups in total. The Morgan fingerprint density at radius 2 is 2.05 bits per heavy atom. The summed E-state index contributed by atoms with van der Waals surface area (Å²) in [6.07, 6.45) is 1.21. The molecule has 0 aliphatic carbocycles. The molecule has 0 saturated carbocycles. The average Bonchev–Trinajstić information content (AvgIpc) is 2.36. The first-order chi connectivity index (χ1) is 10.2. The number of hydrogen-bond acceptors (Lipinski definition) is 5. The number of benzene rings is 1. The van der Waals surface area contributed by atoms with Crippen molar-refractivity contribution in [2.24, 2.45) is 0 Å². The Kier molecular flexibility index (Phi) is 4.92. The Hall–Kier alpha value is -1.80. The van der Waals surface area contributed by atoms with Gasteiger partial charge in [-0.05, 0) is 35.4 Å². The summed E-state index contributed by atoms with van der Waals surface area (Å²) in [6.45, 7) is 1.85. The van der Waals surface area contributed by atoms with E-state index in [1.807, 2.05) is 13.0 Å². The molecule has 0 aliphatic heterocycles. The van der Waals surface area contributed by atoms with Crippen molar-refractivity contribution in [3.05, 3.63) is 40.2 Å². The van der Waals surface area contributed by atoms with Gasteiger partial charge in [0.25, 0.3) is 0 Å². The summed E-state index contributed by atoms with van der Waals surface area (Å²) in [4.78, 5) is 26.0. The number of pyridine rings is 1. The van der Waals surface area contributed by atoms with Gasteiger partial charge >= 0.3 is 0 Å². The van der Waals surface area contributed by atoms with Crippen LogP contribution in [0.3, 0.4) is 0 Å². The van der Waals surface area contributed by atoms with Gasteiger partial charge in [0.05, 0.1) is 5.52 Å². The minimum Gasteiger partial charge on any atom is -0.326 e. The van der Waals surface area contributed by atoms with E-state index in [2.05, 4.69) is 10.3 Å². The molecule has 0 atom stereocenters. The number of aromatic amines is 1. The van der Waals surface area contributed by atoms with Crippen LogP contribution in [0.5, 0.6) is 0 Å². The number of carbonyl (C=O) groups excluding carboxylic acids is 1. The van der Waals surface area contributed by atoms with Crippen LogP contribution in [0.4, 0.5) is 5.69 Å². The van der Waals surface area contributed by atoms with Crippen molar-refractivity contribution in [1.29, 1.82) is 0 Å². The van der Waals surface area contributed by atoms with Gasteiger partial charge < -0.3 is 10.3 Å². The van der Waals surface area contributed by atoms with Gasteiger partial charge in [-0.25, -0.2) is 8.42 Å². The number of rotatable bonds is 5. The molecule has 8 heteroatoms. The smallest absolute Gasteiger partial charge is 0.248 e. The van der Waals surface area contributed by atoms with Gasteiger partial charge in [0.2, 0.25) is 11.5 Å². The highest BCUT2D eigenvalue weighted by Crippen LogP contribution is 2.19. The van der Waals surface area contributed by atoms with Crippen LogP contribution in [-0.4, -0.2) is 31.3 Å². The summed E-state index contributed by atoms with van der Waals surface area (Å²) in [5.74, 6) is -0.0701. The lowest BCUT2D eigenvalue weighted by molar-refractivity contribution is -0.115. The molecule has 0 radical (unpaired) electrons. The molecule has 0 saturated heterocycles. The van der Waals surface area contributed by atoms with Gasteiger partial charge in [0.15, 0.2) is 8.87 Å². The number of fused-ring (bicyclic) bond motifs is 1. The standard InChI is InChI=1S/C14H16N2O4S2/c1-9-7-14(18)16-12-8-10(3-4-11(9)12)15-13(17)5-6-21-22(2,19)20/h3-4,7-8H,5-6H2,1-2H3,(H,15,17)(H,16,18). The number of aromatic nitrogens is 1. The van der Waals surface area contributed by atoms with Crippen LogP contribution in [0.15, 0.2) is 29.1 Å². The molecule has 22 heavy (non-hydrogen) atoms. The topological polar surface area (TPSA) is 96.1 Å². The van der Waals surface area contributed by atoms with Crippen molar-refractivity contribution >= 4 is 42.2 Å². The quantitative estimate of drug-likeness (QED) is 0.810. The lowest BCUT2D eigenvalue weighted by Gasteiger charge is -2.07. The third kappa shape index (κ3) is 4.60. The highest BCUT2D eigenvalue weighted by molar-refractivity contribution is 8.71. The molecule has 1 amide bonds. The molecule has 0 aliphatic rings. The van der Waals surface area contributed by atoms with Crippen molar-refractivity contribution in [2.75, 3.05) is 17.3 Å². The van der Waals surface area contributed by atoms with E-state index in [1.54, 1.807) is 12.1 Å². The van der Waals surface area contributed by atoms with Crippen LogP contribution in [0, 0.1) is 6.92 Å². The minimum absolute atomic E-state index is 0.0973. The molecule has 0 fully saturated rings. The van der Waals surface area contributed by atoms with E-state index < -0.39 is 8.87 Å². The maximum Gasteiger partial charge on any atom is 0.248 e. The molecule has 2 rings (SSSR count). The van der Waals surface area contributed by atoms with Gasteiger partial charge in [0, 0.05) is 35.6 Å². The lowest BCUT2D eigenvalue weighted by Crippen LogP contribution is -2.13. The van der Waals surface area contributed by atoms with E-state index in [0.717, 1.165) is 28.0 Å². The van der Waals surface area contributed by atoms with E-state index in [0.29, 0.717) is 11.2 Å². The fourth-order valence-corrected chi connectivity index (χ4v) is 3.75. The van der Waals surface area contributed by atoms with Gasteiger partial charge in [-0.15, -0.1) is 0 Å². The van der Waals surface area contributed by atoms with Crippen LogP contribution in [0.1, 0.15) is 12.0 Å². The zero-order valence-electron chi connectivity index (χ0n) is 12.2. The van der Waals surface area contributed by atoms with Crippen LogP contribution in [0.25, 0.3) is 10.9 Å². The highest BCUT2D eigenvalue weighted by atomic mass is 33.1. The first-order valence-corrected chi connectivity index (χ1v) is 9.92. The Morgan fingerprint density at radius 1 is 1.32 bits per heavy atom. The largest absolute Gasteiger partial charge is 0.326 e. The van der Waals surface area contributed by atoms with Gasteiger partial charge in [-0.1, -0.05) is 6.07 Å². The first-order valence-electron chi connectivity index (χ1n) is 6.52. The second kappa shape index (κ2) is 6.53. The second-order valence-electron chi connectivity index (χ2n) is 4.90. The Labute approximate surface area is 131 Å². The summed E-state index contributed by atoms with van der Waals surface area (Å²) in [6, 6.07) is 6.77. The van der Waals surface area contributed by atoms with E-state index in [4.69, 9.17) is 0 Å². The van der Waals surface area contributed by atoms with Gasteiger partial charge in [-0.3, -0.25) is 9.59 Å². The van der Waals surface area contributed by atoms with Crippen molar-refractivity contribution < 1.29 is 13.2 Å². The fourth-order valence-electron chi connectivity index (χ4n) is 2.02. The maximum absolute atomic E-state index is 11.8. The molecule has 1 aromatic heterocycles. The van der Waals surface area contributed by atoms with Crippen molar-refractivity contribution in [3.63, 3.8) is 0 Å². The minimum atomic E-state index is -3.13. The summed E-state index contributed by atoms with van der Waals surface area (Å²) in [5, 5.41) is 3.60. The Balaban J connectivity index is 2.08. The molecule has 0 unspecified atom stereocenters. The number of H-pyrrole nitrogens is 1. The number of aryl methyl sites for hydroxylation is 1. The fraction of sp³-hybridized carbons (Fsp3) is 0.286. The molecule has 6 nitrogen and oxygen atoms in total. The highest BCUT2D eigenvalue weighted by Gasteiger charge is 2.08. The molecule has 1 heterocycles. The SMILES string of the molecule is Cc1cc(=O)[nH]c2cc(NC(=O)CCSS(C)(=O)=O)ccc12. The number of amides is 1. The molecule has 2 aromatic rings. The summed E-state index contributed by atoms with van der Waals surface area (Å²) < 4.78 is 22.0. The summed E-state index contributed by atoms with van der Waals surface area (Å²) in [7, 11) is -2.39. The van der Waals surface area contributed by atoms with Crippen molar-refractivity contribution in [2.45, 2.75) is 13.3 Å². The number of anilines is 1. The van der Waals surface area contributed by atoms with Crippen molar-refractivity contribution in [1.82, 2.24) is 4.98 Å². The molecule has 1 aromatic carbocycles. The van der Waals surface area contributed by atoms with Gasteiger partial charge in [-0.2, -0.15) is 0 Å². The second-order valence-corrected chi connectivity index (χ2v) is 9.48. The van der Waals surface area contributed by atoms with E-state index in [-0.39, 0.29) is 23.6 Å². The van der Waals surface area contributed by atoms with E-state index in [1.165, 1.54) is 6.07 Å². The number of hydrogen-bond donors (Lipinski definition) is 2. The van der Waals surface area contributed by atoms with Crippen LogP contribution < -0.4 is 10.9 Å². The molecule has 0 spiro atoms. The predicted octanol–water partition coefficient (Wildman–Crippen LogP) is 1.86. The number of nitrogens with one attached hydrogen (secondary N) is 2. The summed E-state index contributed by atoms with van der Waals surface area (Å²) in [5.41, 5.74) is 1.87. The monoisotopic (exact) mass is 340 g/mol. The van der Waals surface area contributed by atoms with Crippen LogP contribution in [0.2, 0.25) is 0 Å². The predicted molar refractivity (Wildman–Crippen MR) is 89.9 cm³/mol. The Bertz CT molecular complexity index is 872. The third-order valence-corrected chi connectivity index (χ3v) is 5.54.